The molecule has 4 heterocycles. The highest BCUT2D eigenvalue weighted by Gasteiger charge is 2.39. The summed E-state index contributed by atoms with van der Waals surface area (Å²) in [6, 6.07) is 11.9. The van der Waals surface area contributed by atoms with Gasteiger partial charge in [0.25, 0.3) is 5.91 Å². The van der Waals surface area contributed by atoms with Gasteiger partial charge in [-0.1, -0.05) is 12.1 Å². The first kappa shape index (κ1) is 26.7. The Morgan fingerprint density at radius 3 is 2.38 bits per heavy atom. The molecule has 1 amide bonds. The number of benzene rings is 2. The van der Waals surface area contributed by atoms with Crippen molar-refractivity contribution in [1.82, 2.24) is 9.80 Å². The Kier molecular flexibility index (Phi) is 7.99. The molecule has 6 rings (SSSR count). The van der Waals surface area contributed by atoms with Crippen LogP contribution in [0.4, 0.5) is 0 Å². The number of carbonyl (C=O) groups is 1. The summed E-state index contributed by atoms with van der Waals surface area (Å²) in [5.74, 6) is 2.94. The van der Waals surface area contributed by atoms with Crippen molar-refractivity contribution in [2.45, 2.75) is 38.5 Å². The molecule has 1 fully saturated rings. The fraction of sp³-hybridized carbons (Fsp3) is 0.500. The van der Waals surface area contributed by atoms with Gasteiger partial charge in [0.2, 0.25) is 19.9 Å². The highest BCUT2D eigenvalue weighted by Crippen LogP contribution is 2.43. The maximum Gasteiger partial charge on any atom is 0.288 e. The van der Waals surface area contributed by atoms with Gasteiger partial charge in [-0.15, -0.1) is 0 Å². The molecule has 1 saturated heterocycles. The van der Waals surface area contributed by atoms with Crippen LogP contribution in [0.2, 0.25) is 0 Å². The van der Waals surface area contributed by atoms with Crippen LogP contribution >= 0.6 is 0 Å². The summed E-state index contributed by atoms with van der Waals surface area (Å²) in [6.45, 7) is 6.41. The van der Waals surface area contributed by atoms with Gasteiger partial charge in [-0.05, 0) is 61.2 Å². The molecule has 0 bridgehead atoms. The number of fused-ring (bicyclic) bond motifs is 2. The number of hydrogen-bond donors (Lipinski definition) is 1. The molecule has 0 unspecified atom stereocenters. The van der Waals surface area contributed by atoms with E-state index in [1.54, 1.807) is 0 Å². The Balaban J connectivity index is 1.17. The molecule has 0 spiro atoms. The van der Waals surface area contributed by atoms with Crippen LogP contribution in [0.1, 0.15) is 36.8 Å². The van der Waals surface area contributed by atoms with Crippen molar-refractivity contribution < 1.29 is 38.3 Å². The van der Waals surface area contributed by atoms with Crippen LogP contribution in [-0.2, 0) is 20.8 Å². The molecule has 3 atom stereocenters. The molecule has 40 heavy (non-hydrogen) atoms. The van der Waals surface area contributed by atoms with Gasteiger partial charge in [-0.2, -0.15) is 0 Å². The third-order valence-electron chi connectivity index (χ3n) is 7.91. The first-order chi connectivity index (χ1) is 19.6. The molecule has 10 heteroatoms. The molecule has 214 valence electrons. The van der Waals surface area contributed by atoms with Gasteiger partial charge in [-0.3, -0.25) is 9.69 Å². The molecule has 4 aliphatic heterocycles. The Hall–Kier alpha value is -3.47. The molecule has 0 aromatic heterocycles. The molecule has 0 aliphatic carbocycles. The number of carbonyl (C=O) groups excluding carboxylic acids is 1. The van der Waals surface area contributed by atoms with E-state index >= 15 is 0 Å². The van der Waals surface area contributed by atoms with Crippen molar-refractivity contribution in [3.05, 3.63) is 59.4 Å². The van der Waals surface area contributed by atoms with Gasteiger partial charge in [0.1, 0.15) is 0 Å². The van der Waals surface area contributed by atoms with Gasteiger partial charge in [-0.25, -0.2) is 0 Å². The van der Waals surface area contributed by atoms with Crippen molar-refractivity contribution in [3.8, 4) is 23.0 Å². The zero-order valence-corrected chi connectivity index (χ0v) is 22.8. The van der Waals surface area contributed by atoms with E-state index in [9.17, 15) is 9.90 Å². The monoisotopic (exact) mass is 552 g/mol. The molecule has 2 aromatic carbocycles. The number of allylic oxidation sites excluding steroid dienone is 1. The second kappa shape index (κ2) is 12.0. The number of hydrogen-bond acceptors (Lipinski definition) is 9. The van der Waals surface area contributed by atoms with Gasteiger partial charge < -0.3 is 38.4 Å². The topological polar surface area (TPSA) is 99.2 Å². The minimum absolute atomic E-state index is 0.0671. The lowest BCUT2D eigenvalue weighted by Crippen LogP contribution is -2.49. The van der Waals surface area contributed by atoms with Gasteiger partial charge >= 0.3 is 0 Å². The van der Waals surface area contributed by atoms with E-state index in [-0.39, 0.29) is 37.9 Å². The zero-order valence-electron chi connectivity index (χ0n) is 22.8. The van der Waals surface area contributed by atoms with E-state index < -0.39 is 6.29 Å². The highest BCUT2D eigenvalue weighted by atomic mass is 16.7. The van der Waals surface area contributed by atoms with Gasteiger partial charge in [0.05, 0.1) is 0 Å². The molecule has 0 saturated carbocycles. The lowest BCUT2D eigenvalue weighted by atomic mass is 9.80. The van der Waals surface area contributed by atoms with E-state index in [1.165, 1.54) is 0 Å². The maximum atomic E-state index is 13.7. The van der Waals surface area contributed by atoms with Crippen molar-refractivity contribution >= 4 is 5.91 Å². The van der Waals surface area contributed by atoms with Crippen molar-refractivity contribution in [3.63, 3.8) is 0 Å². The second-order valence-electron chi connectivity index (χ2n) is 10.4. The summed E-state index contributed by atoms with van der Waals surface area (Å²) in [6.07, 6.45) is 2.64. The smallest absolute Gasteiger partial charge is 0.288 e. The second-order valence-corrected chi connectivity index (χ2v) is 10.4. The maximum absolute atomic E-state index is 13.7. The van der Waals surface area contributed by atoms with E-state index in [1.807, 2.05) is 48.2 Å². The van der Waals surface area contributed by atoms with Crippen molar-refractivity contribution in [2.24, 2.45) is 5.92 Å². The normalized spacial score (nSPS) is 23.6. The Labute approximate surface area is 234 Å². The molecule has 4 aliphatic rings. The van der Waals surface area contributed by atoms with E-state index in [0.29, 0.717) is 49.8 Å². The lowest BCUT2D eigenvalue weighted by Gasteiger charge is -2.39. The van der Waals surface area contributed by atoms with Crippen LogP contribution in [0.5, 0.6) is 23.0 Å². The van der Waals surface area contributed by atoms with Crippen LogP contribution in [-0.4, -0.2) is 80.1 Å². The van der Waals surface area contributed by atoms with Crippen molar-refractivity contribution in [2.75, 3.05) is 53.0 Å². The van der Waals surface area contributed by atoms with Crippen LogP contribution < -0.4 is 18.9 Å². The van der Waals surface area contributed by atoms with E-state index in [4.69, 9.17) is 28.4 Å². The highest BCUT2D eigenvalue weighted by molar-refractivity contribution is 5.92. The number of rotatable bonds is 9. The van der Waals surface area contributed by atoms with E-state index in [0.717, 1.165) is 42.3 Å². The molecule has 0 radical (unpaired) electrons. The first-order valence-electron chi connectivity index (χ1n) is 14.0. The minimum Gasteiger partial charge on any atom is -0.459 e. The predicted octanol–water partition coefficient (Wildman–Crippen LogP) is 3.24. The summed E-state index contributed by atoms with van der Waals surface area (Å²) in [4.78, 5) is 17.9. The number of nitrogens with zero attached hydrogens (tertiary/aromatic N) is 2. The fourth-order valence-electron chi connectivity index (χ4n) is 5.82. The average molecular weight is 553 g/mol. The predicted molar refractivity (Wildman–Crippen MR) is 144 cm³/mol. The number of aliphatic hydroxyl groups is 1. The summed E-state index contributed by atoms with van der Waals surface area (Å²) >= 11 is 0. The summed E-state index contributed by atoms with van der Waals surface area (Å²) < 4.78 is 34.3. The molecular formula is C30H36N2O8. The van der Waals surface area contributed by atoms with Gasteiger partial charge in [0.15, 0.2) is 28.8 Å². The Morgan fingerprint density at radius 1 is 0.950 bits per heavy atom. The van der Waals surface area contributed by atoms with Crippen LogP contribution in [0, 0.1) is 5.92 Å². The largest absolute Gasteiger partial charge is 0.459 e. The summed E-state index contributed by atoms with van der Waals surface area (Å²) in [5, 5.41) is 9.55. The number of ether oxygens (including phenoxy) is 6. The fourth-order valence-corrected chi connectivity index (χ4v) is 5.82. The molecular weight excluding hydrogens is 516 g/mol. The number of piperazine rings is 1. The third kappa shape index (κ3) is 5.56. The van der Waals surface area contributed by atoms with Crippen LogP contribution in [0.15, 0.2) is 48.2 Å². The quantitative estimate of drug-likeness (QED) is 0.503. The van der Waals surface area contributed by atoms with Gasteiger partial charge in [0, 0.05) is 57.8 Å². The SMILES string of the molecule is CCO[C@@H]1OC(C(=O)N2CCN(Cc3ccc4c(c3)OCO4)CC2)=C[C@H](c2ccc3c(c2)OCO3)[C@H]1CCCO. The number of aliphatic hydroxyl groups excluding tert-OH is 1. The Bertz CT molecular complexity index is 1240. The van der Waals surface area contributed by atoms with E-state index in [2.05, 4.69) is 11.0 Å². The van der Waals surface area contributed by atoms with Crippen molar-refractivity contribution in [1.29, 1.82) is 0 Å². The van der Waals surface area contributed by atoms with Crippen LogP contribution in [0.25, 0.3) is 0 Å². The standard InChI is InChI=1S/C30H36N2O8/c1-2-35-30-22(4-3-13-33)23(21-6-8-25-27(15-21)39-19-37-25)16-28(40-30)29(34)32-11-9-31(10-12-32)17-20-5-7-24-26(14-20)38-18-36-24/h5-8,14-16,22-23,30,33H,2-4,9-13,17-19H2,1H3/t22-,23-,30-/m1/s1. The zero-order chi connectivity index (χ0) is 27.5. The Morgan fingerprint density at radius 2 is 1.65 bits per heavy atom. The summed E-state index contributed by atoms with van der Waals surface area (Å²) in [5.41, 5.74) is 2.15. The lowest BCUT2D eigenvalue weighted by molar-refractivity contribution is -0.171. The molecule has 1 N–H and O–H groups in total. The average Bonchev–Trinajstić information content (AvgIpc) is 3.65. The third-order valence-corrected chi connectivity index (χ3v) is 7.91. The summed E-state index contributed by atoms with van der Waals surface area (Å²) in [7, 11) is 0. The molecule has 2 aromatic rings. The molecule has 10 nitrogen and oxygen atoms in total. The van der Waals surface area contributed by atoms with Crippen LogP contribution in [0.3, 0.4) is 0 Å². The minimum atomic E-state index is -0.594. The number of amides is 1. The first-order valence-corrected chi connectivity index (χ1v) is 14.0.